The summed E-state index contributed by atoms with van der Waals surface area (Å²) in [5, 5.41) is 0. The molecule has 4 rings (SSSR count). The Morgan fingerprint density at radius 3 is 2.21 bits per heavy atom. The van der Waals surface area contributed by atoms with Crippen LogP contribution in [-0.4, -0.2) is 51.0 Å². The number of hydrogen-bond acceptors (Lipinski definition) is 5. The first-order valence-electron chi connectivity index (χ1n) is 9.96. The Labute approximate surface area is 186 Å². The van der Waals surface area contributed by atoms with Crippen molar-refractivity contribution in [2.45, 2.75) is 55.9 Å². The maximum Gasteiger partial charge on any atom is 0.534 e. The quantitative estimate of drug-likeness (QED) is 0.375. The maximum atomic E-state index is 13.3. The lowest BCUT2D eigenvalue weighted by Crippen LogP contribution is -2.52. The minimum absolute atomic E-state index is 0.145. The number of fused-ring (bicyclic) bond motifs is 1. The van der Waals surface area contributed by atoms with Crippen molar-refractivity contribution in [1.29, 1.82) is 0 Å². The van der Waals surface area contributed by atoms with Gasteiger partial charge in [-0.3, -0.25) is 0 Å². The van der Waals surface area contributed by atoms with Gasteiger partial charge in [0.05, 0.1) is 5.54 Å². The predicted molar refractivity (Wildman–Crippen MR) is 103 cm³/mol. The van der Waals surface area contributed by atoms with Crippen molar-refractivity contribution in [3.05, 3.63) is 29.3 Å². The molecule has 3 aliphatic rings. The molecule has 1 unspecified atom stereocenters. The summed E-state index contributed by atoms with van der Waals surface area (Å²) in [7, 11) is -10.3. The van der Waals surface area contributed by atoms with E-state index in [0.717, 1.165) is 19.1 Å². The summed E-state index contributed by atoms with van der Waals surface area (Å²) in [6.45, 7) is 0.390. The number of nitrogens with zero attached hydrogens (tertiary/aromatic N) is 1. The number of rotatable bonds is 3. The zero-order valence-corrected chi connectivity index (χ0v) is 18.7. The first-order valence-corrected chi connectivity index (χ1v) is 12.8. The lowest BCUT2D eigenvalue weighted by Gasteiger charge is -2.34. The van der Waals surface area contributed by atoms with Crippen LogP contribution in [0.15, 0.2) is 18.2 Å². The largest absolute Gasteiger partial charge is 0.534 e. The van der Waals surface area contributed by atoms with Gasteiger partial charge in [0, 0.05) is 6.54 Å². The monoisotopic (exact) mass is 522 g/mol. The highest BCUT2D eigenvalue weighted by Crippen LogP contribution is 2.51. The topological polar surface area (TPSA) is 92.8 Å². The number of halogens is 6. The number of alkyl halides is 6. The molecule has 1 aromatic carbocycles. The van der Waals surface area contributed by atoms with E-state index in [0.29, 0.717) is 28.3 Å². The third kappa shape index (κ3) is 4.10. The number of nitrogens with one attached hydrogen (secondary N) is 1. The minimum Gasteiger partial charge on any atom is -0.376 e. The fourth-order valence-electron chi connectivity index (χ4n) is 5.17. The lowest BCUT2D eigenvalue weighted by atomic mass is 9.79. The van der Waals surface area contributed by atoms with Gasteiger partial charge in [0.25, 0.3) is 10.2 Å². The zero-order valence-electron chi connectivity index (χ0n) is 17.1. The van der Waals surface area contributed by atoms with Gasteiger partial charge in [-0.1, -0.05) is 6.07 Å². The van der Waals surface area contributed by atoms with E-state index in [2.05, 4.69) is 8.91 Å². The van der Waals surface area contributed by atoms with Crippen LogP contribution in [0.5, 0.6) is 5.75 Å². The van der Waals surface area contributed by atoms with Crippen molar-refractivity contribution in [3.8, 4) is 5.75 Å². The Hall–Kier alpha value is -1.58. The van der Waals surface area contributed by atoms with Crippen molar-refractivity contribution in [2.75, 3.05) is 6.54 Å². The second-order valence-corrected chi connectivity index (χ2v) is 11.9. The molecule has 0 amide bonds. The predicted octanol–water partition coefficient (Wildman–Crippen LogP) is 2.88. The van der Waals surface area contributed by atoms with Crippen molar-refractivity contribution >= 4 is 20.3 Å². The van der Waals surface area contributed by atoms with Crippen molar-refractivity contribution in [1.82, 2.24) is 9.03 Å². The van der Waals surface area contributed by atoms with Gasteiger partial charge in [-0.2, -0.15) is 52.2 Å². The Morgan fingerprint density at radius 2 is 1.67 bits per heavy atom. The van der Waals surface area contributed by atoms with E-state index >= 15 is 0 Å². The molecule has 7 nitrogen and oxygen atoms in total. The molecular formula is C18H20F6N2O5S2. The molecule has 1 aromatic rings. The average Bonchev–Trinajstić information content (AvgIpc) is 3.05. The van der Waals surface area contributed by atoms with Crippen LogP contribution in [-0.2, 0) is 33.2 Å². The van der Waals surface area contributed by atoms with Crippen molar-refractivity contribution < 1.29 is 47.4 Å². The SMILES string of the molecule is CC(N1C[C@]2(NS1(=O)=O)[C@@H]1CC[C@H]2Cc2ccc(OS(=O)(=O)C(F)(F)F)cc2C1)C(F)(F)F. The highest BCUT2D eigenvalue weighted by atomic mass is 32.2. The van der Waals surface area contributed by atoms with Crippen LogP contribution in [0.25, 0.3) is 0 Å². The molecule has 2 fully saturated rings. The molecular weight excluding hydrogens is 502 g/mol. The van der Waals surface area contributed by atoms with Crippen molar-refractivity contribution in [2.24, 2.45) is 11.8 Å². The van der Waals surface area contributed by atoms with Crippen LogP contribution in [0.4, 0.5) is 26.3 Å². The van der Waals surface area contributed by atoms with Crippen molar-refractivity contribution in [3.63, 3.8) is 0 Å². The molecule has 0 aromatic heterocycles. The van der Waals surface area contributed by atoms with Crippen LogP contribution in [0.3, 0.4) is 0 Å². The van der Waals surface area contributed by atoms with Gasteiger partial charge in [0.15, 0.2) is 0 Å². The van der Waals surface area contributed by atoms with E-state index in [1.54, 1.807) is 0 Å². The molecule has 4 atom stereocenters. The Balaban J connectivity index is 1.65. The summed E-state index contributed by atoms with van der Waals surface area (Å²) in [4.78, 5) is 0. The molecule has 1 saturated carbocycles. The summed E-state index contributed by atoms with van der Waals surface area (Å²) in [6.07, 6.45) is -3.29. The summed E-state index contributed by atoms with van der Waals surface area (Å²) in [6, 6.07) is 1.41. The summed E-state index contributed by atoms with van der Waals surface area (Å²) in [5.41, 5.74) is -5.65. The third-order valence-electron chi connectivity index (χ3n) is 6.87. The van der Waals surface area contributed by atoms with E-state index in [1.165, 1.54) is 6.07 Å². The normalized spacial score (nSPS) is 30.8. The zero-order chi connectivity index (χ0) is 24.6. The van der Waals surface area contributed by atoms with Crippen LogP contribution in [0, 0.1) is 11.8 Å². The number of hydrogen-bond donors (Lipinski definition) is 1. The molecule has 2 bridgehead atoms. The fraction of sp³-hybridized carbons (Fsp3) is 0.667. The smallest absolute Gasteiger partial charge is 0.376 e. The minimum atomic E-state index is -5.87. The second kappa shape index (κ2) is 7.46. The highest BCUT2D eigenvalue weighted by Gasteiger charge is 2.62. The molecule has 1 N–H and O–H groups in total. The molecule has 1 aliphatic heterocycles. The molecule has 0 radical (unpaired) electrons. The summed E-state index contributed by atoms with van der Waals surface area (Å²) < 4.78 is 133. The van der Waals surface area contributed by atoms with E-state index in [4.69, 9.17) is 0 Å². The van der Waals surface area contributed by atoms with Crippen LogP contribution < -0.4 is 8.91 Å². The lowest BCUT2D eigenvalue weighted by molar-refractivity contribution is -0.166. The molecule has 1 heterocycles. The Kier molecular flexibility index (Phi) is 5.55. The van der Waals surface area contributed by atoms with Gasteiger partial charge in [-0.25, -0.2) is 0 Å². The fourth-order valence-corrected chi connectivity index (χ4v) is 7.54. The van der Waals surface area contributed by atoms with Gasteiger partial charge in [-0.15, -0.1) is 0 Å². The second-order valence-electron chi connectivity index (χ2n) is 8.70. The molecule has 1 saturated heterocycles. The van der Waals surface area contributed by atoms with Crippen LogP contribution in [0.1, 0.15) is 30.9 Å². The summed E-state index contributed by atoms with van der Waals surface area (Å²) in [5.74, 6) is -1.31. The molecule has 186 valence electrons. The van der Waals surface area contributed by atoms with E-state index in [1.807, 2.05) is 0 Å². The van der Waals surface area contributed by atoms with Gasteiger partial charge in [0.2, 0.25) is 0 Å². The van der Waals surface area contributed by atoms with Gasteiger partial charge < -0.3 is 4.18 Å². The third-order valence-corrected chi connectivity index (χ3v) is 9.55. The molecule has 1 spiro atoms. The Morgan fingerprint density at radius 1 is 1.09 bits per heavy atom. The van der Waals surface area contributed by atoms with Gasteiger partial charge >= 0.3 is 21.8 Å². The maximum absolute atomic E-state index is 13.3. The molecule has 15 heteroatoms. The van der Waals surface area contributed by atoms with Crippen LogP contribution in [0.2, 0.25) is 0 Å². The van der Waals surface area contributed by atoms with E-state index < -0.39 is 55.3 Å². The highest BCUT2D eigenvalue weighted by molar-refractivity contribution is 7.88. The first-order chi connectivity index (χ1) is 15.0. The standard InChI is InChI=1S/C18H20F6N2O5S2/c1-10(17(19,20)21)26-9-16(25-33(26,29)30)13-3-4-14(16)7-12-8-15(5-2-11(12)6-13)31-32(27,28)18(22,23)24/h2,5,8,10,13-14,25H,3-4,6-7,9H2,1H3/t10?,13-,14+,16+/m0/s1. The van der Waals surface area contributed by atoms with Gasteiger partial charge in [0.1, 0.15) is 11.8 Å². The van der Waals surface area contributed by atoms with E-state index in [-0.39, 0.29) is 25.3 Å². The molecule has 2 aliphatic carbocycles. The molecule has 33 heavy (non-hydrogen) atoms. The van der Waals surface area contributed by atoms with Gasteiger partial charge in [-0.05, 0) is 67.7 Å². The first kappa shape index (κ1) is 24.5. The Bertz CT molecular complexity index is 1170. The summed E-state index contributed by atoms with van der Waals surface area (Å²) >= 11 is 0. The van der Waals surface area contributed by atoms with E-state index in [9.17, 15) is 43.2 Å². The number of benzene rings is 1. The van der Waals surface area contributed by atoms with Crippen LogP contribution >= 0.6 is 0 Å². The average molecular weight is 522 g/mol.